The van der Waals surface area contributed by atoms with Gasteiger partial charge in [-0.2, -0.15) is 11.8 Å². The molecule has 0 saturated heterocycles. The molecular weight excluding hydrogens is 293 g/mol. The largest absolute Gasteiger partial charge is 0.478 e. The summed E-state index contributed by atoms with van der Waals surface area (Å²) < 4.78 is 14.0. The first-order chi connectivity index (χ1) is 9.86. The second kappa shape index (κ2) is 7.83. The van der Waals surface area contributed by atoms with Crippen LogP contribution in [0.25, 0.3) is 6.08 Å². The fraction of sp³-hybridized carbons (Fsp3) is 0.333. The highest BCUT2D eigenvalue weighted by atomic mass is 32.2. The zero-order valence-electron chi connectivity index (χ0n) is 12.2. The number of carbonyl (C=O) groups is 2. The highest BCUT2D eigenvalue weighted by molar-refractivity contribution is 7.98. The van der Waals surface area contributed by atoms with Crippen LogP contribution in [0.15, 0.2) is 24.3 Å². The molecule has 0 aromatic heterocycles. The van der Waals surface area contributed by atoms with Crippen molar-refractivity contribution >= 4 is 29.7 Å². The summed E-state index contributed by atoms with van der Waals surface area (Å²) in [5.74, 6) is -1.39. The Morgan fingerprint density at radius 3 is 2.67 bits per heavy atom. The molecule has 114 valence electrons. The molecule has 0 fully saturated rings. The number of amides is 1. The molecule has 1 rings (SSSR count). The molecule has 1 aromatic carbocycles. The first kappa shape index (κ1) is 17.2. The monoisotopic (exact) mass is 311 g/mol. The van der Waals surface area contributed by atoms with Gasteiger partial charge in [-0.15, -0.1) is 0 Å². The van der Waals surface area contributed by atoms with Crippen molar-refractivity contribution < 1.29 is 19.1 Å². The predicted molar refractivity (Wildman–Crippen MR) is 83.0 cm³/mol. The van der Waals surface area contributed by atoms with Gasteiger partial charge in [0.2, 0.25) is 0 Å². The fourth-order valence-electron chi connectivity index (χ4n) is 1.72. The second-order valence-electron chi connectivity index (χ2n) is 4.63. The molecule has 0 saturated carbocycles. The number of halogens is 1. The number of carbonyl (C=O) groups excluding carboxylic acids is 1. The number of aliphatic carboxylic acids is 1. The van der Waals surface area contributed by atoms with E-state index in [4.69, 9.17) is 5.11 Å². The number of carboxylic acids is 1. The van der Waals surface area contributed by atoms with E-state index in [0.29, 0.717) is 5.56 Å². The number of thioether (sulfide) groups is 1. The van der Waals surface area contributed by atoms with Crippen molar-refractivity contribution in [2.45, 2.75) is 13.0 Å². The topological polar surface area (TPSA) is 57.6 Å². The van der Waals surface area contributed by atoms with E-state index >= 15 is 0 Å². The van der Waals surface area contributed by atoms with E-state index < -0.39 is 11.8 Å². The number of nitrogens with zero attached hydrogens (tertiary/aromatic N) is 1. The van der Waals surface area contributed by atoms with Gasteiger partial charge < -0.3 is 10.0 Å². The summed E-state index contributed by atoms with van der Waals surface area (Å²) >= 11 is 1.61. The van der Waals surface area contributed by atoms with Crippen molar-refractivity contribution in [3.8, 4) is 0 Å². The van der Waals surface area contributed by atoms with Crippen molar-refractivity contribution in [1.29, 1.82) is 0 Å². The predicted octanol–water partition coefficient (Wildman–Crippen LogP) is 2.75. The maximum atomic E-state index is 14.0. The molecular formula is C15H18FNO3S. The van der Waals surface area contributed by atoms with E-state index in [1.54, 1.807) is 18.8 Å². The van der Waals surface area contributed by atoms with Crippen LogP contribution in [0.3, 0.4) is 0 Å². The quantitative estimate of drug-likeness (QED) is 0.821. The third kappa shape index (κ3) is 4.90. The van der Waals surface area contributed by atoms with Gasteiger partial charge >= 0.3 is 5.97 Å². The van der Waals surface area contributed by atoms with Crippen LogP contribution in [0.5, 0.6) is 0 Å². The molecule has 0 bridgehead atoms. The smallest absolute Gasteiger partial charge is 0.328 e. The summed E-state index contributed by atoms with van der Waals surface area (Å²) in [6.07, 6.45) is 4.14. The second-order valence-corrected chi connectivity index (χ2v) is 5.54. The van der Waals surface area contributed by atoms with Crippen LogP contribution in [-0.4, -0.2) is 47.0 Å². The third-order valence-electron chi connectivity index (χ3n) is 3.03. The van der Waals surface area contributed by atoms with Crippen molar-refractivity contribution in [2.75, 3.05) is 19.1 Å². The number of rotatable bonds is 6. The van der Waals surface area contributed by atoms with Gasteiger partial charge in [0.25, 0.3) is 5.91 Å². The molecule has 21 heavy (non-hydrogen) atoms. The average Bonchev–Trinajstić information content (AvgIpc) is 2.44. The lowest BCUT2D eigenvalue weighted by atomic mass is 10.1. The first-order valence-corrected chi connectivity index (χ1v) is 7.72. The molecule has 0 aliphatic heterocycles. The molecule has 0 heterocycles. The summed E-state index contributed by atoms with van der Waals surface area (Å²) in [5.41, 5.74) is 0.379. The molecule has 0 aliphatic rings. The summed E-state index contributed by atoms with van der Waals surface area (Å²) in [4.78, 5) is 24.1. The lowest BCUT2D eigenvalue weighted by Gasteiger charge is -2.24. The highest BCUT2D eigenvalue weighted by Gasteiger charge is 2.20. The van der Waals surface area contributed by atoms with Gasteiger partial charge in [-0.3, -0.25) is 4.79 Å². The van der Waals surface area contributed by atoms with E-state index in [9.17, 15) is 14.0 Å². The number of hydrogen-bond acceptors (Lipinski definition) is 3. The Balaban J connectivity index is 2.94. The Morgan fingerprint density at radius 2 is 2.14 bits per heavy atom. The van der Waals surface area contributed by atoms with Gasteiger partial charge in [0.1, 0.15) is 5.82 Å². The zero-order valence-corrected chi connectivity index (χ0v) is 13.0. The van der Waals surface area contributed by atoms with Crippen molar-refractivity contribution in [3.05, 3.63) is 41.2 Å². The molecule has 1 amide bonds. The standard InChI is InChI=1S/C15H18FNO3S/c1-10(9-21-3)17(2)15(20)12-6-4-11(8-13(12)16)5-7-14(18)19/h4-8,10H,9H2,1-3H3,(H,18,19)/b7-5+. The minimum atomic E-state index is -1.11. The molecule has 0 aliphatic carbocycles. The van der Waals surface area contributed by atoms with Gasteiger partial charge in [-0.25, -0.2) is 9.18 Å². The zero-order chi connectivity index (χ0) is 16.0. The normalized spacial score (nSPS) is 12.4. The first-order valence-electron chi connectivity index (χ1n) is 6.33. The summed E-state index contributed by atoms with van der Waals surface area (Å²) in [5, 5.41) is 8.53. The Bertz CT molecular complexity index is 560. The number of carboxylic acid groups (broad SMARTS) is 1. The summed E-state index contributed by atoms with van der Waals surface area (Å²) in [7, 11) is 1.64. The van der Waals surface area contributed by atoms with Crippen LogP contribution in [0.1, 0.15) is 22.8 Å². The lowest BCUT2D eigenvalue weighted by Crippen LogP contribution is -2.37. The molecule has 1 unspecified atom stereocenters. The van der Waals surface area contributed by atoms with Gasteiger partial charge in [0.05, 0.1) is 5.56 Å². The Morgan fingerprint density at radius 1 is 1.48 bits per heavy atom. The van der Waals surface area contributed by atoms with Crippen LogP contribution in [0.2, 0.25) is 0 Å². The SMILES string of the molecule is CSCC(C)N(C)C(=O)c1ccc(/C=C/C(=O)O)cc1F. The number of hydrogen-bond donors (Lipinski definition) is 1. The molecule has 1 atom stereocenters. The third-order valence-corrected chi connectivity index (χ3v) is 3.85. The van der Waals surface area contributed by atoms with Gasteiger partial charge in [-0.1, -0.05) is 6.07 Å². The van der Waals surface area contributed by atoms with Crippen LogP contribution in [0, 0.1) is 5.82 Å². The molecule has 1 aromatic rings. The molecule has 6 heteroatoms. The minimum absolute atomic E-state index is 0.00140. The van der Waals surface area contributed by atoms with E-state index in [2.05, 4.69) is 0 Å². The summed E-state index contributed by atoms with van der Waals surface area (Å²) in [6.45, 7) is 1.90. The average molecular weight is 311 g/mol. The highest BCUT2D eigenvalue weighted by Crippen LogP contribution is 2.15. The Labute approximate surface area is 127 Å². The van der Waals surface area contributed by atoms with Crippen LogP contribution >= 0.6 is 11.8 Å². The van der Waals surface area contributed by atoms with Crippen LogP contribution in [0.4, 0.5) is 4.39 Å². The van der Waals surface area contributed by atoms with E-state index in [-0.39, 0.29) is 17.5 Å². The number of benzene rings is 1. The Hall–Kier alpha value is -1.82. The van der Waals surface area contributed by atoms with Gasteiger partial charge in [0.15, 0.2) is 0 Å². The fourth-order valence-corrected chi connectivity index (χ4v) is 2.43. The summed E-state index contributed by atoms with van der Waals surface area (Å²) in [6, 6.07) is 4.04. The van der Waals surface area contributed by atoms with Crippen LogP contribution < -0.4 is 0 Å². The molecule has 1 N–H and O–H groups in total. The maximum Gasteiger partial charge on any atom is 0.328 e. The van der Waals surface area contributed by atoms with E-state index in [1.165, 1.54) is 23.1 Å². The molecule has 0 radical (unpaired) electrons. The van der Waals surface area contributed by atoms with E-state index in [0.717, 1.165) is 17.9 Å². The molecule has 4 nitrogen and oxygen atoms in total. The van der Waals surface area contributed by atoms with Crippen molar-refractivity contribution in [1.82, 2.24) is 4.90 Å². The van der Waals surface area contributed by atoms with Gasteiger partial charge in [-0.05, 0) is 37.0 Å². The van der Waals surface area contributed by atoms with Gasteiger partial charge in [0, 0.05) is 24.9 Å². The van der Waals surface area contributed by atoms with Crippen LogP contribution in [-0.2, 0) is 4.79 Å². The Kier molecular flexibility index (Phi) is 6.42. The van der Waals surface area contributed by atoms with Crippen molar-refractivity contribution in [3.63, 3.8) is 0 Å². The van der Waals surface area contributed by atoms with E-state index in [1.807, 2.05) is 13.2 Å². The van der Waals surface area contributed by atoms with Crippen molar-refractivity contribution in [2.24, 2.45) is 0 Å². The maximum absolute atomic E-state index is 14.0. The molecule has 0 spiro atoms. The lowest BCUT2D eigenvalue weighted by molar-refractivity contribution is -0.131. The minimum Gasteiger partial charge on any atom is -0.478 e.